The summed E-state index contributed by atoms with van der Waals surface area (Å²) in [4.78, 5) is 4.32. The van der Waals surface area contributed by atoms with Crippen molar-refractivity contribution in [3.8, 4) is 5.75 Å². The van der Waals surface area contributed by atoms with Crippen molar-refractivity contribution in [2.45, 2.75) is 24.7 Å². The lowest BCUT2D eigenvalue weighted by atomic mass is 9.73. The van der Waals surface area contributed by atoms with Crippen molar-refractivity contribution in [2.75, 3.05) is 54.2 Å². The number of hydrogen-bond acceptors (Lipinski definition) is 4. The zero-order valence-electron chi connectivity index (χ0n) is 16.3. The third-order valence-electron chi connectivity index (χ3n) is 4.82. The van der Waals surface area contributed by atoms with Crippen molar-refractivity contribution in [1.82, 2.24) is 10.6 Å². The van der Waals surface area contributed by atoms with Crippen LogP contribution < -0.4 is 15.4 Å². The van der Waals surface area contributed by atoms with Crippen LogP contribution in [-0.4, -0.2) is 60.1 Å². The number of halogens is 2. The van der Waals surface area contributed by atoms with E-state index in [1.54, 1.807) is 21.3 Å². The second kappa shape index (κ2) is 12.6. The van der Waals surface area contributed by atoms with Gasteiger partial charge in [0.2, 0.25) is 0 Å². The van der Waals surface area contributed by atoms with Crippen LogP contribution in [0, 0.1) is 0 Å². The largest absolute Gasteiger partial charge is 0.496 e. The molecule has 1 heterocycles. The van der Waals surface area contributed by atoms with E-state index in [1.165, 1.54) is 0 Å². The number of ether oxygens (including phenoxy) is 3. The van der Waals surface area contributed by atoms with Crippen LogP contribution in [0.3, 0.4) is 0 Å². The topological polar surface area (TPSA) is 64.1 Å². The first-order valence-corrected chi connectivity index (χ1v) is 9.38. The van der Waals surface area contributed by atoms with Gasteiger partial charge in [-0.05, 0) is 37.5 Å². The molecule has 0 radical (unpaired) electrons. The predicted molar refractivity (Wildman–Crippen MR) is 121 cm³/mol. The Morgan fingerprint density at radius 2 is 2.00 bits per heavy atom. The maximum atomic E-state index is 6.29. The van der Waals surface area contributed by atoms with Crippen LogP contribution in [0.1, 0.15) is 24.8 Å². The van der Waals surface area contributed by atoms with Gasteiger partial charge in [0.1, 0.15) is 5.75 Å². The summed E-state index contributed by atoms with van der Waals surface area (Å²) >= 11 is 6.29. The van der Waals surface area contributed by atoms with E-state index in [0.29, 0.717) is 5.02 Å². The van der Waals surface area contributed by atoms with Gasteiger partial charge >= 0.3 is 0 Å². The van der Waals surface area contributed by atoms with Crippen molar-refractivity contribution in [2.24, 2.45) is 4.99 Å². The number of nitrogens with one attached hydrogen (secondary N) is 2. The molecule has 154 valence electrons. The van der Waals surface area contributed by atoms with Crippen LogP contribution in [0.15, 0.2) is 23.2 Å². The fourth-order valence-electron chi connectivity index (χ4n) is 3.29. The number of aliphatic imine (C=N–C) groups is 1. The van der Waals surface area contributed by atoms with E-state index in [1.807, 2.05) is 18.2 Å². The van der Waals surface area contributed by atoms with Crippen LogP contribution in [0.5, 0.6) is 5.75 Å². The van der Waals surface area contributed by atoms with Crippen molar-refractivity contribution in [3.05, 3.63) is 28.8 Å². The Morgan fingerprint density at radius 3 is 2.63 bits per heavy atom. The van der Waals surface area contributed by atoms with Crippen LogP contribution in [0.25, 0.3) is 0 Å². The van der Waals surface area contributed by atoms with Crippen LogP contribution >= 0.6 is 35.6 Å². The Hall–Kier alpha value is -0.770. The zero-order valence-corrected chi connectivity index (χ0v) is 19.4. The maximum Gasteiger partial charge on any atom is 0.191 e. The summed E-state index contributed by atoms with van der Waals surface area (Å²) in [7, 11) is 5.19. The second-order valence-corrected chi connectivity index (χ2v) is 6.87. The normalized spacial score (nSPS) is 16.4. The summed E-state index contributed by atoms with van der Waals surface area (Å²) in [5, 5.41) is 7.51. The smallest absolute Gasteiger partial charge is 0.191 e. The number of methoxy groups -OCH3 is 2. The summed E-state index contributed by atoms with van der Waals surface area (Å²) in [6.45, 7) is 3.71. The Bertz CT molecular complexity index is 596. The fourth-order valence-corrected chi connectivity index (χ4v) is 3.47. The summed E-state index contributed by atoms with van der Waals surface area (Å²) < 4.78 is 16.3. The number of nitrogens with zero attached hydrogens (tertiary/aromatic N) is 1. The second-order valence-electron chi connectivity index (χ2n) is 6.44. The van der Waals surface area contributed by atoms with Gasteiger partial charge in [-0.2, -0.15) is 0 Å². The van der Waals surface area contributed by atoms with E-state index in [2.05, 4.69) is 15.6 Å². The molecule has 0 bridgehead atoms. The SMILES string of the molecule is CN=C(NCCCOC)NCC1(c2cc(Cl)ccc2OC)CCOCC1.I. The summed E-state index contributed by atoms with van der Waals surface area (Å²) in [6.07, 6.45) is 2.73. The molecule has 1 aliphatic heterocycles. The third kappa shape index (κ3) is 6.96. The lowest BCUT2D eigenvalue weighted by Crippen LogP contribution is -2.48. The van der Waals surface area contributed by atoms with E-state index >= 15 is 0 Å². The molecule has 6 nitrogen and oxygen atoms in total. The molecule has 2 rings (SSSR count). The highest BCUT2D eigenvalue weighted by Crippen LogP contribution is 2.40. The van der Waals surface area contributed by atoms with Crippen LogP contribution in [-0.2, 0) is 14.9 Å². The molecule has 1 aliphatic rings. The Labute approximate surface area is 184 Å². The molecule has 0 spiro atoms. The predicted octanol–water partition coefficient (Wildman–Crippen LogP) is 3.22. The van der Waals surface area contributed by atoms with Crippen LogP contribution in [0.2, 0.25) is 5.02 Å². The van der Waals surface area contributed by atoms with E-state index in [4.69, 9.17) is 25.8 Å². The number of benzene rings is 1. The van der Waals surface area contributed by atoms with Gasteiger partial charge in [-0.1, -0.05) is 11.6 Å². The Morgan fingerprint density at radius 1 is 1.26 bits per heavy atom. The van der Waals surface area contributed by atoms with Crippen molar-refractivity contribution in [1.29, 1.82) is 0 Å². The molecule has 0 unspecified atom stereocenters. The third-order valence-corrected chi connectivity index (χ3v) is 5.05. The zero-order chi connectivity index (χ0) is 18.8. The first kappa shape index (κ1) is 24.3. The van der Waals surface area contributed by atoms with Gasteiger partial charge in [0.05, 0.1) is 7.11 Å². The lowest BCUT2D eigenvalue weighted by molar-refractivity contribution is 0.0505. The molecule has 0 saturated carbocycles. The summed E-state index contributed by atoms with van der Waals surface area (Å²) in [5.41, 5.74) is 1.01. The van der Waals surface area contributed by atoms with Gasteiger partial charge in [-0.3, -0.25) is 4.99 Å². The van der Waals surface area contributed by atoms with Crippen LogP contribution in [0.4, 0.5) is 0 Å². The molecule has 1 fully saturated rings. The average Bonchev–Trinajstić information content (AvgIpc) is 2.68. The number of rotatable bonds is 8. The molecule has 0 amide bonds. The van der Waals surface area contributed by atoms with Gasteiger partial charge in [-0.25, -0.2) is 0 Å². The number of guanidine groups is 1. The monoisotopic (exact) mass is 511 g/mol. The molecule has 0 aliphatic carbocycles. The molecule has 2 N–H and O–H groups in total. The molecule has 1 aromatic rings. The fraction of sp³-hybridized carbons (Fsp3) is 0.632. The number of hydrogen-bond donors (Lipinski definition) is 2. The summed E-state index contributed by atoms with van der Waals surface area (Å²) in [6, 6.07) is 5.81. The van der Waals surface area contributed by atoms with E-state index in [-0.39, 0.29) is 29.4 Å². The first-order valence-electron chi connectivity index (χ1n) is 9.00. The van der Waals surface area contributed by atoms with Crippen molar-refractivity contribution < 1.29 is 14.2 Å². The Kier molecular flexibility index (Phi) is 11.4. The minimum atomic E-state index is -0.112. The molecule has 1 saturated heterocycles. The van der Waals surface area contributed by atoms with E-state index in [9.17, 15) is 0 Å². The van der Waals surface area contributed by atoms with Crippen molar-refractivity contribution >= 4 is 41.5 Å². The minimum Gasteiger partial charge on any atom is -0.496 e. The van der Waals surface area contributed by atoms with E-state index in [0.717, 1.165) is 69.4 Å². The lowest BCUT2D eigenvalue weighted by Gasteiger charge is -2.39. The molecule has 0 aromatic heterocycles. The highest BCUT2D eigenvalue weighted by atomic mass is 127. The molecular weight excluding hydrogens is 481 g/mol. The molecule has 27 heavy (non-hydrogen) atoms. The van der Waals surface area contributed by atoms with Crippen molar-refractivity contribution in [3.63, 3.8) is 0 Å². The van der Waals surface area contributed by atoms with Gasteiger partial charge in [0.25, 0.3) is 0 Å². The highest BCUT2D eigenvalue weighted by molar-refractivity contribution is 14.0. The summed E-state index contributed by atoms with van der Waals surface area (Å²) in [5.74, 6) is 1.65. The van der Waals surface area contributed by atoms with Gasteiger partial charge < -0.3 is 24.8 Å². The molecular formula is C19H31ClIN3O3. The van der Waals surface area contributed by atoms with Gasteiger partial charge in [-0.15, -0.1) is 24.0 Å². The molecule has 8 heteroatoms. The minimum absolute atomic E-state index is 0. The first-order chi connectivity index (χ1) is 12.6. The quantitative estimate of drug-likeness (QED) is 0.243. The molecule has 1 aromatic carbocycles. The average molecular weight is 512 g/mol. The van der Waals surface area contributed by atoms with Gasteiger partial charge in [0.15, 0.2) is 5.96 Å². The highest BCUT2D eigenvalue weighted by Gasteiger charge is 2.37. The van der Waals surface area contributed by atoms with E-state index < -0.39 is 0 Å². The Balaban J connectivity index is 0.00000364. The maximum absolute atomic E-state index is 6.29. The molecule has 0 atom stereocenters. The standard InChI is InChI=1S/C19H30ClN3O3.HI/c1-21-18(22-9-4-10-24-2)23-14-19(7-11-26-12-8-19)16-13-15(20)5-6-17(16)25-3;/h5-6,13H,4,7-12,14H2,1-3H3,(H2,21,22,23);1H. The van der Waals surface area contributed by atoms with Gasteiger partial charge in [0, 0.05) is 63.1 Å².